The molecule has 0 amide bonds. The smallest absolute Gasteiger partial charge is 0.164 e. The van der Waals surface area contributed by atoms with Crippen molar-refractivity contribution in [2.45, 2.75) is 0 Å². The number of nitrogens with zero attached hydrogens (tertiary/aromatic N) is 5. The Labute approximate surface area is 322 Å². The Kier molecular flexibility index (Phi) is 8.28. The first-order valence-electron chi connectivity index (χ1n) is 18.2. The van der Waals surface area contributed by atoms with Crippen LogP contribution in [0.2, 0.25) is 0 Å². The van der Waals surface area contributed by atoms with Gasteiger partial charge in [0.05, 0.1) is 11.4 Å². The van der Waals surface area contributed by atoms with Crippen LogP contribution in [0.5, 0.6) is 0 Å². The van der Waals surface area contributed by atoms with Gasteiger partial charge in [0, 0.05) is 53.6 Å². The summed E-state index contributed by atoms with van der Waals surface area (Å²) in [5.74, 6) is 2.58. The molecule has 0 spiro atoms. The zero-order valence-corrected chi connectivity index (χ0v) is 30.4. The Bertz CT molecular complexity index is 2920. The van der Waals surface area contributed by atoms with E-state index >= 15 is 0 Å². The SMILES string of the molecule is c1ccc(-c2nc(-c3cccc(-c4cccc(-c5nc(-c6ccccc6)nc(-c6ccccc6)n5)c4)c3)cc(-c3ccc4sc5ccccc5c4c3)n2)cc1. The number of aromatic nitrogens is 5. The monoisotopic (exact) mass is 721 g/mol. The first-order chi connectivity index (χ1) is 27.2. The zero-order valence-electron chi connectivity index (χ0n) is 29.5. The van der Waals surface area contributed by atoms with Crippen molar-refractivity contribution < 1.29 is 0 Å². The van der Waals surface area contributed by atoms with Crippen LogP contribution < -0.4 is 0 Å². The number of thiophene rings is 1. The normalized spacial score (nSPS) is 11.3. The van der Waals surface area contributed by atoms with Crippen molar-refractivity contribution in [2.24, 2.45) is 0 Å². The molecule has 10 aromatic rings. The molecule has 3 heterocycles. The lowest BCUT2D eigenvalue weighted by Crippen LogP contribution is -2.00. The van der Waals surface area contributed by atoms with E-state index in [2.05, 4.69) is 109 Å². The molecular formula is C49H31N5S. The van der Waals surface area contributed by atoms with Crippen LogP contribution in [0, 0.1) is 0 Å². The first kappa shape index (κ1) is 32.5. The quantitative estimate of drug-likeness (QED) is 0.164. The van der Waals surface area contributed by atoms with Crippen molar-refractivity contribution in [3.05, 3.63) is 188 Å². The van der Waals surface area contributed by atoms with Crippen molar-refractivity contribution in [2.75, 3.05) is 0 Å². The summed E-state index contributed by atoms with van der Waals surface area (Å²) in [7, 11) is 0. The molecule has 10 rings (SSSR count). The van der Waals surface area contributed by atoms with E-state index in [1.807, 2.05) is 90.2 Å². The van der Waals surface area contributed by atoms with Crippen LogP contribution in [0.4, 0.5) is 0 Å². The van der Waals surface area contributed by atoms with Gasteiger partial charge in [0.2, 0.25) is 0 Å². The number of hydrogen-bond donors (Lipinski definition) is 0. The number of rotatable bonds is 7. The van der Waals surface area contributed by atoms with E-state index in [9.17, 15) is 0 Å². The molecule has 0 saturated carbocycles. The van der Waals surface area contributed by atoms with Gasteiger partial charge in [-0.3, -0.25) is 0 Å². The van der Waals surface area contributed by atoms with E-state index in [4.69, 9.17) is 24.9 Å². The highest BCUT2D eigenvalue weighted by Gasteiger charge is 2.15. The van der Waals surface area contributed by atoms with Gasteiger partial charge in [0.15, 0.2) is 23.3 Å². The predicted octanol–water partition coefficient (Wildman–Crippen LogP) is 12.7. The maximum absolute atomic E-state index is 5.14. The maximum Gasteiger partial charge on any atom is 0.164 e. The molecule has 3 aromatic heterocycles. The Morgan fingerprint density at radius 3 is 1.27 bits per heavy atom. The van der Waals surface area contributed by atoms with Crippen molar-refractivity contribution >= 4 is 31.5 Å². The summed E-state index contributed by atoms with van der Waals surface area (Å²) in [4.78, 5) is 25.1. The van der Waals surface area contributed by atoms with Crippen LogP contribution in [0.15, 0.2) is 188 Å². The average Bonchev–Trinajstić information content (AvgIpc) is 3.65. The molecule has 0 bridgehead atoms. The Morgan fingerprint density at radius 1 is 0.255 bits per heavy atom. The molecule has 0 saturated heterocycles. The fraction of sp³-hybridized carbons (Fsp3) is 0. The molecule has 0 aliphatic heterocycles. The first-order valence-corrected chi connectivity index (χ1v) is 19.0. The van der Waals surface area contributed by atoms with Gasteiger partial charge in [-0.25, -0.2) is 24.9 Å². The van der Waals surface area contributed by atoms with E-state index in [0.29, 0.717) is 23.3 Å². The lowest BCUT2D eigenvalue weighted by molar-refractivity contribution is 1.07. The second kappa shape index (κ2) is 14.0. The minimum Gasteiger partial charge on any atom is -0.228 e. The third-order valence-electron chi connectivity index (χ3n) is 9.74. The summed E-state index contributed by atoms with van der Waals surface area (Å²) >= 11 is 1.82. The van der Waals surface area contributed by atoms with Crippen LogP contribution >= 0.6 is 11.3 Å². The molecule has 55 heavy (non-hydrogen) atoms. The molecule has 0 aliphatic rings. The third kappa shape index (κ3) is 6.45. The lowest BCUT2D eigenvalue weighted by Gasteiger charge is -2.12. The molecule has 0 radical (unpaired) electrons. The molecule has 0 N–H and O–H groups in total. The summed E-state index contributed by atoms with van der Waals surface area (Å²) in [6.45, 7) is 0. The van der Waals surface area contributed by atoms with Gasteiger partial charge < -0.3 is 0 Å². The number of fused-ring (bicyclic) bond motifs is 3. The molecule has 258 valence electrons. The van der Waals surface area contributed by atoms with Crippen LogP contribution in [-0.4, -0.2) is 24.9 Å². The van der Waals surface area contributed by atoms with Gasteiger partial charge in [0.25, 0.3) is 0 Å². The summed E-state index contributed by atoms with van der Waals surface area (Å²) in [5, 5.41) is 2.51. The summed E-state index contributed by atoms with van der Waals surface area (Å²) in [5.41, 5.74) is 9.67. The predicted molar refractivity (Wildman–Crippen MR) is 226 cm³/mol. The second-order valence-electron chi connectivity index (χ2n) is 13.3. The van der Waals surface area contributed by atoms with E-state index in [1.54, 1.807) is 0 Å². The third-order valence-corrected chi connectivity index (χ3v) is 10.9. The van der Waals surface area contributed by atoms with Crippen molar-refractivity contribution in [1.29, 1.82) is 0 Å². The molecule has 7 aromatic carbocycles. The van der Waals surface area contributed by atoms with E-state index in [0.717, 1.165) is 55.9 Å². The van der Waals surface area contributed by atoms with Gasteiger partial charge in [-0.15, -0.1) is 11.3 Å². The molecular weight excluding hydrogens is 691 g/mol. The molecule has 5 nitrogen and oxygen atoms in total. The van der Waals surface area contributed by atoms with Gasteiger partial charge in [-0.05, 0) is 47.5 Å². The summed E-state index contributed by atoms with van der Waals surface area (Å²) in [6.07, 6.45) is 0. The van der Waals surface area contributed by atoms with E-state index in [1.165, 1.54) is 20.2 Å². The van der Waals surface area contributed by atoms with Crippen LogP contribution in [-0.2, 0) is 0 Å². The van der Waals surface area contributed by atoms with E-state index in [-0.39, 0.29) is 0 Å². The number of benzene rings is 7. The van der Waals surface area contributed by atoms with Crippen LogP contribution in [0.1, 0.15) is 0 Å². The highest BCUT2D eigenvalue weighted by Crippen LogP contribution is 2.37. The number of hydrogen-bond acceptors (Lipinski definition) is 6. The van der Waals surface area contributed by atoms with Crippen LogP contribution in [0.3, 0.4) is 0 Å². The van der Waals surface area contributed by atoms with Crippen molar-refractivity contribution in [3.63, 3.8) is 0 Å². The Balaban J connectivity index is 1.06. The summed E-state index contributed by atoms with van der Waals surface area (Å²) in [6, 6.07) is 64.6. The largest absolute Gasteiger partial charge is 0.228 e. The maximum atomic E-state index is 5.14. The molecule has 0 fully saturated rings. The molecule has 0 unspecified atom stereocenters. The van der Waals surface area contributed by atoms with Gasteiger partial charge in [-0.1, -0.05) is 152 Å². The zero-order chi connectivity index (χ0) is 36.6. The molecule has 0 atom stereocenters. The standard InChI is InChI=1S/C49H31N5S/c1-4-14-32(15-5-1)46-50-42(31-43(51-46)38-26-27-45-41(30-38)40-24-10-11-25-44(40)55-45)37-22-12-20-35(28-37)36-21-13-23-39(29-36)49-53-47(33-16-6-2-7-17-33)52-48(54-49)34-18-8-3-9-19-34/h1-31H. The highest BCUT2D eigenvalue weighted by molar-refractivity contribution is 7.25. The van der Waals surface area contributed by atoms with Gasteiger partial charge in [0.1, 0.15) is 0 Å². The molecule has 0 aliphatic carbocycles. The van der Waals surface area contributed by atoms with E-state index < -0.39 is 0 Å². The van der Waals surface area contributed by atoms with Gasteiger partial charge in [-0.2, -0.15) is 0 Å². The van der Waals surface area contributed by atoms with Crippen molar-refractivity contribution in [3.8, 4) is 79.2 Å². The minimum atomic E-state index is 0.619. The second-order valence-corrected chi connectivity index (χ2v) is 14.4. The minimum absolute atomic E-state index is 0.619. The molecule has 6 heteroatoms. The highest BCUT2D eigenvalue weighted by atomic mass is 32.1. The fourth-order valence-electron chi connectivity index (χ4n) is 6.98. The van der Waals surface area contributed by atoms with Crippen molar-refractivity contribution in [1.82, 2.24) is 24.9 Å². The Hall–Kier alpha value is -7.15. The van der Waals surface area contributed by atoms with Crippen LogP contribution in [0.25, 0.3) is 99.4 Å². The fourth-order valence-corrected chi connectivity index (χ4v) is 8.06. The summed E-state index contributed by atoms with van der Waals surface area (Å²) < 4.78 is 2.55. The lowest BCUT2D eigenvalue weighted by atomic mass is 9.98. The Morgan fingerprint density at radius 2 is 0.673 bits per heavy atom. The van der Waals surface area contributed by atoms with Gasteiger partial charge >= 0.3 is 0 Å². The average molecular weight is 722 g/mol. The topological polar surface area (TPSA) is 64.5 Å².